The number of nitrogens with zero attached hydrogens (tertiary/aromatic N) is 1. The summed E-state index contributed by atoms with van der Waals surface area (Å²) in [6.45, 7) is 3.36. The predicted molar refractivity (Wildman–Crippen MR) is 69.4 cm³/mol. The first-order valence-corrected chi connectivity index (χ1v) is 6.62. The van der Waals surface area contributed by atoms with E-state index in [1.807, 2.05) is 12.1 Å². The summed E-state index contributed by atoms with van der Waals surface area (Å²) < 4.78 is 12.9. The fraction of sp³-hybridized carbons (Fsp3) is 0.600. The average Bonchev–Trinajstić information content (AvgIpc) is 2.82. The van der Waals surface area contributed by atoms with Crippen LogP contribution in [-0.4, -0.2) is 18.5 Å². The Balaban J connectivity index is 1.93. The van der Waals surface area contributed by atoms with Crippen LogP contribution in [0.2, 0.25) is 0 Å². The van der Waals surface area contributed by atoms with Crippen molar-refractivity contribution in [1.29, 1.82) is 0 Å². The first-order chi connectivity index (χ1) is 8.16. The van der Waals surface area contributed by atoms with Gasteiger partial charge < -0.3 is 0 Å². The molecule has 0 amide bonds. The first kappa shape index (κ1) is 12.6. The summed E-state index contributed by atoms with van der Waals surface area (Å²) in [5.74, 6) is 0.710. The molecule has 2 heteroatoms. The van der Waals surface area contributed by atoms with Gasteiger partial charge in [0.1, 0.15) is 5.82 Å². The van der Waals surface area contributed by atoms with Crippen molar-refractivity contribution in [3.8, 4) is 0 Å². The summed E-state index contributed by atoms with van der Waals surface area (Å²) in [4.78, 5) is 2.39. The zero-order valence-electron chi connectivity index (χ0n) is 10.8. The highest BCUT2D eigenvalue weighted by molar-refractivity contribution is 5.19. The first-order valence-electron chi connectivity index (χ1n) is 6.62. The third-order valence-electron chi connectivity index (χ3n) is 4.03. The lowest BCUT2D eigenvalue weighted by atomic mass is 10.0. The lowest BCUT2D eigenvalue weighted by Crippen LogP contribution is -2.27. The maximum Gasteiger partial charge on any atom is 0.123 e. The van der Waals surface area contributed by atoms with Crippen molar-refractivity contribution in [2.45, 2.75) is 38.6 Å². The van der Waals surface area contributed by atoms with Gasteiger partial charge in [0.05, 0.1) is 0 Å². The van der Waals surface area contributed by atoms with Gasteiger partial charge in [-0.15, -0.1) is 0 Å². The molecule has 2 rings (SSSR count). The van der Waals surface area contributed by atoms with Gasteiger partial charge in [-0.3, -0.25) is 4.90 Å². The minimum Gasteiger partial charge on any atom is -0.299 e. The lowest BCUT2D eigenvalue weighted by molar-refractivity contribution is 0.221. The number of rotatable bonds is 4. The average molecular weight is 235 g/mol. The van der Waals surface area contributed by atoms with Crippen LogP contribution in [-0.2, 0) is 0 Å². The summed E-state index contributed by atoms with van der Waals surface area (Å²) in [6.07, 6.45) is 5.54. The van der Waals surface area contributed by atoms with Crippen LogP contribution in [0.3, 0.4) is 0 Å². The highest BCUT2D eigenvalue weighted by Crippen LogP contribution is 2.28. The van der Waals surface area contributed by atoms with Crippen molar-refractivity contribution in [2.75, 3.05) is 13.6 Å². The van der Waals surface area contributed by atoms with Crippen molar-refractivity contribution in [3.05, 3.63) is 35.6 Å². The molecule has 0 aliphatic heterocycles. The number of hydrogen-bond acceptors (Lipinski definition) is 1. The Morgan fingerprint density at radius 2 is 1.82 bits per heavy atom. The zero-order valence-corrected chi connectivity index (χ0v) is 10.8. The fourth-order valence-electron chi connectivity index (χ4n) is 2.75. The van der Waals surface area contributed by atoms with Crippen LogP contribution in [0, 0.1) is 11.7 Å². The van der Waals surface area contributed by atoms with Gasteiger partial charge >= 0.3 is 0 Å². The summed E-state index contributed by atoms with van der Waals surface area (Å²) in [7, 11) is 2.17. The molecule has 0 aromatic heterocycles. The molecule has 1 saturated carbocycles. The molecule has 0 bridgehead atoms. The Labute approximate surface area is 104 Å². The van der Waals surface area contributed by atoms with Crippen LogP contribution in [0.4, 0.5) is 4.39 Å². The molecule has 1 aliphatic rings. The second-order valence-corrected chi connectivity index (χ2v) is 5.32. The van der Waals surface area contributed by atoms with E-state index in [2.05, 4.69) is 18.9 Å². The molecule has 0 radical (unpaired) electrons. The summed E-state index contributed by atoms with van der Waals surface area (Å²) in [5.41, 5.74) is 1.20. The van der Waals surface area contributed by atoms with Gasteiger partial charge in [0.2, 0.25) is 0 Å². The molecule has 1 aliphatic carbocycles. The van der Waals surface area contributed by atoms with Gasteiger partial charge in [0.25, 0.3) is 0 Å². The summed E-state index contributed by atoms with van der Waals surface area (Å²) >= 11 is 0. The lowest BCUT2D eigenvalue weighted by Gasteiger charge is -2.27. The van der Waals surface area contributed by atoms with Gasteiger partial charge in [0, 0.05) is 12.6 Å². The minimum absolute atomic E-state index is 0.153. The molecule has 0 spiro atoms. The largest absolute Gasteiger partial charge is 0.299 e. The van der Waals surface area contributed by atoms with Crippen LogP contribution in [0.1, 0.15) is 44.2 Å². The van der Waals surface area contributed by atoms with E-state index in [0.717, 1.165) is 5.92 Å². The Morgan fingerprint density at radius 3 is 2.41 bits per heavy atom. The Morgan fingerprint density at radius 1 is 1.24 bits per heavy atom. The SMILES string of the molecule is CC(c1ccc(F)cc1)N(C)CC1CCCC1. The van der Waals surface area contributed by atoms with Gasteiger partial charge in [-0.05, 0) is 50.4 Å². The van der Waals surface area contributed by atoms with Crippen molar-refractivity contribution < 1.29 is 4.39 Å². The van der Waals surface area contributed by atoms with Crippen LogP contribution in [0.15, 0.2) is 24.3 Å². The summed E-state index contributed by atoms with van der Waals surface area (Å²) in [6, 6.07) is 7.26. The molecular weight excluding hydrogens is 213 g/mol. The molecule has 1 unspecified atom stereocenters. The third-order valence-corrected chi connectivity index (χ3v) is 4.03. The van der Waals surface area contributed by atoms with E-state index in [9.17, 15) is 4.39 Å². The zero-order chi connectivity index (χ0) is 12.3. The van der Waals surface area contributed by atoms with Gasteiger partial charge in [-0.2, -0.15) is 0 Å². The van der Waals surface area contributed by atoms with Gasteiger partial charge in [-0.25, -0.2) is 4.39 Å². The topological polar surface area (TPSA) is 3.24 Å². The molecule has 17 heavy (non-hydrogen) atoms. The normalized spacial score (nSPS) is 18.8. The standard InChI is InChI=1S/C15H22FN/c1-12(14-7-9-15(16)10-8-14)17(2)11-13-5-3-4-6-13/h7-10,12-13H,3-6,11H2,1-2H3. The van der Waals surface area contributed by atoms with Crippen molar-refractivity contribution >= 4 is 0 Å². The van der Waals surface area contributed by atoms with Crippen molar-refractivity contribution in [2.24, 2.45) is 5.92 Å². The number of benzene rings is 1. The molecule has 0 saturated heterocycles. The third kappa shape index (κ3) is 3.29. The Kier molecular flexibility index (Phi) is 4.16. The fourth-order valence-corrected chi connectivity index (χ4v) is 2.75. The number of hydrogen-bond donors (Lipinski definition) is 0. The second-order valence-electron chi connectivity index (χ2n) is 5.32. The van der Waals surface area contributed by atoms with E-state index in [1.54, 1.807) is 12.1 Å². The maximum atomic E-state index is 12.9. The van der Waals surface area contributed by atoms with E-state index in [0.29, 0.717) is 6.04 Å². The molecule has 0 N–H and O–H groups in total. The highest BCUT2D eigenvalue weighted by atomic mass is 19.1. The monoisotopic (exact) mass is 235 g/mol. The second kappa shape index (κ2) is 5.63. The van der Waals surface area contributed by atoms with Crippen molar-refractivity contribution in [3.63, 3.8) is 0 Å². The van der Waals surface area contributed by atoms with E-state index < -0.39 is 0 Å². The quantitative estimate of drug-likeness (QED) is 0.762. The van der Waals surface area contributed by atoms with E-state index in [4.69, 9.17) is 0 Å². The molecule has 1 aromatic carbocycles. The minimum atomic E-state index is -0.153. The number of halogens is 1. The molecule has 94 valence electrons. The molecule has 1 aromatic rings. The molecule has 1 fully saturated rings. The maximum absolute atomic E-state index is 12.9. The van der Waals surface area contributed by atoms with Crippen LogP contribution >= 0.6 is 0 Å². The molecule has 1 nitrogen and oxygen atoms in total. The highest BCUT2D eigenvalue weighted by Gasteiger charge is 2.19. The van der Waals surface area contributed by atoms with Gasteiger partial charge in [0.15, 0.2) is 0 Å². The Bertz CT molecular complexity index is 340. The molecule has 0 heterocycles. The predicted octanol–water partition coefficient (Wildman–Crippen LogP) is 4.01. The van der Waals surface area contributed by atoms with Crippen molar-refractivity contribution in [1.82, 2.24) is 4.90 Å². The van der Waals surface area contributed by atoms with Crippen LogP contribution in [0.25, 0.3) is 0 Å². The summed E-state index contributed by atoms with van der Waals surface area (Å²) in [5, 5.41) is 0. The molecule has 1 atom stereocenters. The van der Waals surface area contributed by atoms with E-state index in [1.165, 1.54) is 37.8 Å². The van der Waals surface area contributed by atoms with Gasteiger partial charge in [-0.1, -0.05) is 25.0 Å². The smallest absolute Gasteiger partial charge is 0.123 e. The van der Waals surface area contributed by atoms with E-state index >= 15 is 0 Å². The Hall–Kier alpha value is -0.890. The van der Waals surface area contributed by atoms with Crippen LogP contribution in [0.5, 0.6) is 0 Å². The van der Waals surface area contributed by atoms with E-state index in [-0.39, 0.29) is 5.82 Å². The van der Waals surface area contributed by atoms with Crippen LogP contribution < -0.4 is 0 Å². The molecular formula is C15H22FN.